The second-order valence-electron chi connectivity index (χ2n) is 8.92. The number of methoxy groups -OCH3 is 1. The summed E-state index contributed by atoms with van der Waals surface area (Å²) in [6, 6.07) is 15.8. The Balaban J connectivity index is 1.36. The van der Waals surface area contributed by atoms with Crippen LogP contribution in [-0.2, 0) is 22.4 Å². The number of rotatable bonds is 7. The molecule has 0 saturated heterocycles. The van der Waals surface area contributed by atoms with Gasteiger partial charge in [0.05, 0.1) is 18.4 Å². The first-order valence-corrected chi connectivity index (χ1v) is 14.5. The van der Waals surface area contributed by atoms with Gasteiger partial charge in [-0.05, 0) is 80.7 Å². The predicted octanol–water partition coefficient (Wildman–Crippen LogP) is 7.04. The first-order chi connectivity index (χ1) is 17.9. The Kier molecular flexibility index (Phi) is 9.60. The van der Waals surface area contributed by atoms with E-state index in [1.807, 2.05) is 55.5 Å². The van der Waals surface area contributed by atoms with E-state index >= 15 is 0 Å². The SMILES string of the molecule is COC(=O)c1c(NC(=O)CSc2cccc(NC(=S)Nc3ccc(C)cc3)c2)sc2c1CCCCCC2. The van der Waals surface area contributed by atoms with Crippen molar-refractivity contribution >= 4 is 68.7 Å². The number of thiophene rings is 1. The van der Waals surface area contributed by atoms with Crippen LogP contribution in [0.15, 0.2) is 53.4 Å². The zero-order valence-corrected chi connectivity index (χ0v) is 23.5. The van der Waals surface area contributed by atoms with Crippen molar-refractivity contribution in [2.45, 2.75) is 50.3 Å². The van der Waals surface area contributed by atoms with Gasteiger partial charge in [0.15, 0.2) is 5.11 Å². The van der Waals surface area contributed by atoms with Gasteiger partial charge in [0, 0.05) is 21.1 Å². The Morgan fingerprint density at radius 1 is 0.973 bits per heavy atom. The molecular formula is C28H31N3O3S3. The summed E-state index contributed by atoms with van der Waals surface area (Å²) in [6.45, 7) is 2.04. The number of hydrogen-bond acceptors (Lipinski definition) is 6. The van der Waals surface area contributed by atoms with Crippen LogP contribution in [0.2, 0.25) is 0 Å². The van der Waals surface area contributed by atoms with E-state index in [0.717, 1.165) is 53.9 Å². The van der Waals surface area contributed by atoms with E-state index in [4.69, 9.17) is 17.0 Å². The molecule has 1 heterocycles. The van der Waals surface area contributed by atoms with Crippen LogP contribution in [-0.4, -0.2) is 29.9 Å². The van der Waals surface area contributed by atoms with Gasteiger partial charge in [-0.15, -0.1) is 23.1 Å². The minimum Gasteiger partial charge on any atom is -0.465 e. The van der Waals surface area contributed by atoms with Crippen molar-refractivity contribution in [3.05, 3.63) is 70.1 Å². The molecule has 0 radical (unpaired) electrons. The van der Waals surface area contributed by atoms with Gasteiger partial charge in [0.1, 0.15) is 5.00 Å². The summed E-state index contributed by atoms with van der Waals surface area (Å²) in [5, 5.41) is 10.4. The van der Waals surface area contributed by atoms with Crippen LogP contribution in [0, 0.1) is 6.92 Å². The minimum absolute atomic E-state index is 0.153. The molecule has 3 N–H and O–H groups in total. The van der Waals surface area contributed by atoms with E-state index in [2.05, 4.69) is 16.0 Å². The first kappa shape index (κ1) is 27.2. The lowest BCUT2D eigenvalue weighted by Gasteiger charge is -2.12. The van der Waals surface area contributed by atoms with Crippen LogP contribution in [0.3, 0.4) is 0 Å². The lowest BCUT2D eigenvalue weighted by atomic mass is 9.96. The normalized spacial score (nSPS) is 13.0. The number of fused-ring (bicyclic) bond motifs is 1. The van der Waals surface area contributed by atoms with Gasteiger partial charge in [-0.2, -0.15) is 0 Å². The third-order valence-electron chi connectivity index (χ3n) is 6.09. The fourth-order valence-corrected chi connectivity index (χ4v) is 6.52. The number of ether oxygens (including phenoxy) is 1. The Hall–Kier alpha value is -2.88. The van der Waals surface area contributed by atoms with Gasteiger partial charge in [0.25, 0.3) is 0 Å². The van der Waals surface area contributed by atoms with Crippen molar-refractivity contribution in [3.63, 3.8) is 0 Å². The highest BCUT2D eigenvalue weighted by atomic mass is 32.2. The molecule has 9 heteroatoms. The molecule has 0 spiro atoms. The Bertz CT molecular complexity index is 1270. The average molecular weight is 554 g/mol. The second kappa shape index (κ2) is 13.1. The highest BCUT2D eigenvalue weighted by Crippen LogP contribution is 2.37. The van der Waals surface area contributed by atoms with Gasteiger partial charge in [-0.3, -0.25) is 4.79 Å². The molecule has 6 nitrogen and oxygen atoms in total. The molecule has 1 amide bonds. The number of anilines is 3. The number of benzene rings is 2. The van der Waals surface area contributed by atoms with Gasteiger partial charge in [0.2, 0.25) is 5.91 Å². The molecule has 1 aromatic heterocycles. The van der Waals surface area contributed by atoms with Crippen molar-refractivity contribution in [3.8, 4) is 0 Å². The number of esters is 1. The van der Waals surface area contributed by atoms with Gasteiger partial charge in [-0.25, -0.2) is 4.79 Å². The zero-order chi connectivity index (χ0) is 26.2. The smallest absolute Gasteiger partial charge is 0.341 e. The zero-order valence-electron chi connectivity index (χ0n) is 21.0. The molecular weight excluding hydrogens is 523 g/mol. The van der Waals surface area contributed by atoms with E-state index in [1.54, 1.807) is 0 Å². The molecule has 0 atom stereocenters. The maximum atomic E-state index is 12.9. The van der Waals surface area contributed by atoms with Crippen LogP contribution in [0.4, 0.5) is 16.4 Å². The predicted molar refractivity (Wildman–Crippen MR) is 158 cm³/mol. The summed E-state index contributed by atoms with van der Waals surface area (Å²) in [5.41, 5.74) is 4.51. The molecule has 2 aromatic carbocycles. The molecule has 37 heavy (non-hydrogen) atoms. The van der Waals surface area contributed by atoms with E-state index < -0.39 is 0 Å². The Labute approximate surface area is 231 Å². The van der Waals surface area contributed by atoms with Crippen LogP contribution >= 0.6 is 35.3 Å². The minimum atomic E-state index is -0.380. The molecule has 1 aliphatic carbocycles. The molecule has 1 aliphatic rings. The lowest BCUT2D eigenvalue weighted by Crippen LogP contribution is -2.19. The van der Waals surface area contributed by atoms with Crippen molar-refractivity contribution in [1.82, 2.24) is 0 Å². The van der Waals surface area contributed by atoms with Crippen LogP contribution in [0.25, 0.3) is 0 Å². The molecule has 0 aliphatic heterocycles. The van der Waals surface area contributed by atoms with Crippen molar-refractivity contribution < 1.29 is 14.3 Å². The summed E-state index contributed by atoms with van der Waals surface area (Å²) in [4.78, 5) is 27.6. The number of aryl methyl sites for hydroxylation is 2. The topological polar surface area (TPSA) is 79.5 Å². The lowest BCUT2D eigenvalue weighted by molar-refractivity contribution is -0.113. The molecule has 0 bridgehead atoms. The molecule has 3 aromatic rings. The number of hydrogen-bond donors (Lipinski definition) is 3. The monoisotopic (exact) mass is 553 g/mol. The summed E-state index contributed by atoms with van der Waals surface area (Å²) >= 11 is 8.38. The number of amides is 1. The van der Waals surface area contributed by atoms with Gasteiger partial charge in [-0.1, -0.05) is 36.6 Å². The summed E-state index contributed by atoms with van der Waals surface area (Å²) in [6.07, 6.45) is 6.30. The van der Waals surface area contributed by atoms with Gasteiger partial charge < -0.3 is 20.7 Å². The van der Waals surface area contributed by atoms with E-state index in [9.17, 15) is 9.59 Å². The Morgan fingerprint density at radius 3 is 2.46 bits per heavy atom. The summed E-state index contributed by atoms with van der Waals surface area (Å²) in [7, 11) is 1.39. The fraction of sp³-hybridized carbons (Fsp3) is 0.321. The average Bonchev–Trinajstić information content (AvgIpc) is 3.19. The highest BCUT2D eigenvalue weighted by molar-refractivity contribution is 8.00. The number of nitrogens with one attached hydrogen (secondary N) is 3. The molecule has 0 saturated carbocycles. The Morgan fingerprint density at radius 2 is 1.70 bits per heavy atom. The largest absolute Gasteiger partial charge is 0.465 e. The first-order valence-electron chi connectivity index (χ1n) is 12.3. The van der Waals surface area contributed by atoms with Crippen molar-refractivity contribution in [2.24, 2.45) is 0 Å². The summed E-state index contributed by atoms with van der Waals surface area (Å²) < 4.78 is 5.06. The fourth-order valence-electron chi connectivity index (χ4n) is 4.23. The quantitative estimate of drug-likeness (QED) is 0.164. The number of carbonyl (C=O) groups is 2. The molecule has 0 fully saturated rings. The van der Waals surface area contributed by atoms with E-state index in [1.165, 1.54) is 47.1 Å². The van der Waals surface area contributed by atoms with E-state index in [0.29, 0.717) is 15.7 Å². The third-order valence-corrected chi connectivity index (χ3v) is 8.49. The van der Waals surface area contributed by atoms with Crippen LogP contribution < -0.4 is 16.0 Å². The van der Waals surface area contributed by atoms with Crippen LogP contribution in [0.1, 0.15) is 52.0 Å². The maximum Gasteiger partial charge on any atom is 0.341 e. The third kappa shape index (κ3) is 7.56. The molecule has 4 rings (SSSR count). The number of thioether (sulfide) groups is 1. The van der Waals surface area contributed by atoms with Crippen molar-refractivity contribution in [2.75, 3.05) is 28.8 Å². The second-order valence-corrected chi connectivity index (χ2v) is 11.5. The summed E-state index contributed by atoms with van der Waals surface area (Å²) in [5.74, 6) is -0.312. The van der Waals surface area contributed by atoms with E-state index in [-0.39, 0.29) is 17.6 Å². The van der Waals surface area contributed by atoms with Crippen LogP contribution in [0.5, 0.6) is 0 Å². The van der Waals surface area contributed by atoms with Gasteiger partial charge >= 0.3 is 5.97 Å². The number of carbonyl (C=O) groups excluding carboxylic acids is 2. The standard InChI is InChI=1S/C28H31N3O3S3/c1-18-12-14-19(15-13-18)29-28(35)30-20-8-7-9-21(16-20)36-17-24(32)31-26-25(27(33)34-2)22-10-5-3-4-6-11-23(22)37-26/h7-9,12-16H,3-6,10-11,17H2,1-2H3,(H,31,32)(H2,29,30,35). The van der Waals surface area contributed by atoms with Crippen molar-refractivity contribution in [1.29, 1.82) is 0 Å². The molecule has 194 valence electrons. The highest BCUT2D eigenvalue weighted by Gasteiger charge is 2.25. The molecule has 0 unspecified atom stereocenters. The number of thiocarbonyl (C=S) groups is 1. The maximum absolute atomic E-state index is 12.9.